The molecule has 0 amide bonds. The monoisotopic (exact) mass is 274 g/mol. The Morgan fingerprint density at radius 2 is 2.21 bits per heavy atom. The van der Waals surface area contributed by atoms with Crippen LogP contribution in [0.2, 0.25) is 0 Å². The number of rotatable bonds is 3. The molecule has 1 aromatic carbocycles. The second kappa shape index (κ2) is 4.85. The van der Waals surface area contributed by atoms with Gasteiger partial charge in [0.05, 0.1) is 23.4 Å². The predicted molar refractivity (Wildman–Crippen MR) is 80.0 cm³/mol. The summed E-state index contributed by atoms with van der Waals surface area (Å²) in [5.74, 6) is 0.953. The van der Waals surface area contributed by atoms with Crippen LogP contribution in [0.5, 0.6) is 5.75 Å². The van der Waals surface area contributed by atoms with E-state index in [1.54, 1.807) is 11.3 Å². The van der Waals surface area contributed by atoms with Crippen molar-refractivity contribution in [3.8, 4) is 17.0 Å². The van der Waals surface area contributed by atoms with Gasteiger partial charge >= 0.3 is 0 Å². The van der Waals surface area contributed by atoms with Gasteiger partial charge in [0.25, 0.3) is 0 Å². The lowest BCUT2D eigenvalue weighted by Crippen LogP contribution is -2.44. The Kier molecular flexibility index (Phi) is 3.19. The Balaban J connectivity index is 1.93. The lowest BCUT2D eigenvalue weighted by atomic mass is 9.95. The van der Waals surface area contributed by atoms with Crippen LogP contribution < -0.4 is 10.1 Å². The van der Waals surface area contributed by atoms with Crippen molar-refractivity contribution < 1.29 is 4.74 Å². The van der Waals surface area contributed by atoms with Crippen molar-refractivity contribution in [1.82, 2.24) is 4.98 Å². The maximum absolute atomic E-state index is 6.21. The first-order valence-electron chi connectivity index (χ1n) is 6.72. The number of hydrogen-bond donors (Lipinski definition) is 1. The number of nitrogens with one attached hydrogen (secondary N) is 1. The van der Waals surface area contributed by atoms with Gasteiger partial charge in [-0.1, -0.05) is 13.8 Å². The molecule has 0 fully saturated rings. The molecular formula is C15H18N2OS. The molecule has 2 aromatic rings. The van der Waals surface area contributed by atoms with E-state index in [-0.39, 0.29) is 5.60 Å². The van der Waals surface area contributed by atoms with Gasteiger partial charge in [0.15, 0.2) is 0 Å². The first-order valence-corrected chi connectivity index (χ1v) is 7.66. The van der Waals surface area contributed by atoms with Crippen LogP contribution in [0.15, 0.2) is 29.1 Å². The van der Waals surface area contributed by atoms with Crippen molar-refractivity contribution >= 4 is 17.0 Å². The van der Waals surface area contributed by atoms with Crippen LogP contribution in [-0.2, 0) is 0 Å². The SMILES string of the molecule is CCC1(CC)CNc2cc(-c3cscn3)ccc2O1. The largest absolute Gasteiger partial charge is 0.483 e. The molecule has 1 aliphatic rings. The summed E-state index contributed by atoms with van der Waals surface area (Å²) in [5, 5.41) is 5.57. The van der Waals surface area contributed by atoms with Gasteiger partial charge in [0.1, 0.15) is 11.4 Å². The van der Waals surface area contributed by atoms with Crippen molar-refractivity contribution in [2.75, 3.05) is 11.9 Å². The van der Waals surface area contributed by atoms with Crippen molar-refractivity contribution in [2.24, 2.45) is 0 Å². The van der Waals surface area contributed by atoms with Gasteiger partial charge in [-0.05, 0) is 31.0 Å². The van der Waals surface area contributed by atoms with Crippen molar-refractivity contribution in [2.45, 2.75) is 32.3 Å². The number of anilines is 1. The average Bonchev–Trinajstić information content (AvgIpc) is 3.00. The lowest BCUT2D eigenvalue weighted by Gasteiger charge is -2.38. The topological polar surface area (TPSA) is 34.2 Å². The third-order valence-electron chi connectivity index (χ3n) is 3.92. The molecule has 19 heavy (non-hydrogen) atoms. The summed E-state index contributed by atoms with van der Waals surface area (Å²) in [4.78, 5) is 4.35. The van der Waals surface area contributed by atoms with Gasteiger partial charge in [-0.2, -0.15) is 0 Å². The van der Waals surface area contributed by atoms with Crippen LogP contribution in [-0.4, -0.2) is 17.1 Å². The van der Waals surface area contributed by atoms with Gasteiger partial charge < -0.3 is 10.1 Å². The van der Waals surface area contributed by atoms with Crippen molar-refractivity contribution in [3.05, 3.63) is 29.1 Å². The summed E-state index contributed by atoms with van der Waals surface area (Å²) in [6, 6.07) is 6.26. The zero-order chi connectivity index (χ0) is 13.3. The normalized spacial score (nSPS) is 16.3. The zero-order valence-corrected chi connectivity index (χ0v) is 12.1. The molecule has 3 rings (SSSR count). The minimum absolute atomic E-state index is 0.0604. The Morgan fingerprint density at radius 3 is 2.89 bits per heavy atom. The van der Waals surface area contributed by atoms with Crippen LogP contribution in [0.4, 0.5) is 5.69 Å². The van der Waals surface area contributed by atoms with Crippen molar-refractivity contribution in [1.29, 1.82) is 0 Å². The van der Waals surface area contributed by atoms with Gasteiger partial charge in [-0.25, -0.2) is 4.98 Å². The molecule has 0 radical (unpaired) electrons. The highest BCUT2D eigenvalue weighted by Gasteiger charge is 2.32. The molecule has 3 nitrogen and oxygen atoms in total. The molecule has 1 N–H and O–H groups in total. The summed E-state index contributed by atoms with van der Waals surface area (Å²) in [7, 11) is 0. The molecule has 0 atom stereocenters. The number of ether oxygens (including phenoxy) is 1. The van der Waals surface area contributed by atoms with E-state index < -0.39 is 0 Å². The van der Waals surface area contributed by atoms with E-state index >= 15 is 0 Å². The lowest BCUT2D eigenvalue weighted by molar-refractivity contribution is 0.0671. The van der Waals surface area contributed by atoms with Crippen LogP contribution >= 0.6 is 11.3 Å². The van der Waals surface area contributed by atoms with Crippen LogP contribution in [0.25, 0.3) is 11.3 Å². The highest BCUT2D eigenvalue weighted by molar-refractivity contribution is 7.07. The Hall–Kier alpha value is -1.55. The summed E-state index contributed by atoms with van der Waals surface area (Å²) in [6.45, 7) is 5.23. The first-order chi connectivity index (χ1) is 9.26. The minimum Gasteiger partial charge on any atom is -0.483 e. The second-order valence-corrected chi connectivity index (χ2v) is 5.65. The zero-order valence-electron chi connectivity index (χ0n) is 11.3. The molecule has 1 aromatic heterocycles. The molecule has 0 bridgehead atoms. The number of hydrogen-bond acceptors (Lipinski definition) is 4. The fourth-order valence-corrected chi connectivity index (χ4v) is 3.00. The third kappa shape index (κ3) is 2.21. The average molecular weight is 274 g/mol. The highest BCUT2D eigenvalue weighted by Crippen LogP contribution is 2.38. The van der Waals surface area contributed by atoms with Crippen molar-refractivity contribution in [3.63, 3.8) is 0 Å². The fraction of sp³-hybridized carbons (Fsp3) is 0.400. The highest BCUT2D eigenvalue weighted by atomic mass is 32.1. The molecule has 2 heterocycles. The Labute approximate surface area is 117 Å². The molecule has 1 aliphatic heterocycles. The maximum atomic E-state index is 6.21. The summed E-state index contributed by atoms with van der Waals surface area (Å²) in [5.41, 5.74) is 5.03. The van der Waals surface area contributed by atoms with Crippen LogP contribution in [0.3, 0.4) is 0 Å². The maximum Gasteiger partial charge on any atom is 0.143 e. The number of benzene rings is 1. The quantitative estimate of drug-likeness (QED) is 0.912. The molecule has 0 saturated heterocycles. The summed E-state index contributed by atoms with van der Waals surface area (Å²) in [6.07, 6.45) is 2.04. The van der Waals surface area contributed by atoms with Crippen LogP contribution in [0.1, 0.15) is 26.7 Å². The number of fused-ring (bicyclic) bond motifs is 1. The fourth-order valence-electron chi connectivity index (χ4n) is 2.44. The molecule has 0 aliphatic carbocycles. The molecule has 0 spiro atoms. The van der Waals surface area contributed by atoms with E-state index in [9.17, 15) is 0 Å². The van der Waals surface area contributed by atoms with E-state index in [2.05, 4.69) is 47.7 Å². The number of nitrogens with zero attached hydrogens (tertiary/aromatic N) is 1. The Bertz CT molecular complexity index is 562. The van der Waals surface area contributed by atoms with E-state index in [1.165, 1.54) is 0 Å². The number of aromatic nitrogens is 1. The standard InChI is InChI=1S/C15H18N2OS/c1-3-15(4-2)9-16-12-7-11(5-6-14(12)18-15)13-8-19-10-17-13/h5-8,10,16H,3-4,9H2,1-2H3. The molecule has 0 unspecified atom stereocenters. The van der Waals surface area contributed by atoms with E-state index in [1.807, 2.05) is 5.51 Å². The smallest absolute Gasteiger partial charge is 0.143 e. The molecule has 4 heteroatoms. The van der Waals surface area contributed by atoms with Gasteiger partial charge in [0, 0.05) is 10.9 Å². The van der Waals surface area contributed by atoms with E-state index in [0.717, 1.165) is 42.1 Å². The summed E-state index contributed by atoms with van der Waals surface area (Å²) >= 11 is 1.62. The first kappa shape index (κ1) is 12.5. The van der Waals surface area contributed by atoms with Gasteiger partial charge in [-0.15, -0.1) is 11.3 Å². The van der Waals surface area contributed by atoms with Crippen LogP contribution in [0, 0.1) is 0 Å². The molecule has 0 saturated carbocycles. The third-order valence-corrected chi connectivity index (χ3v) is 4.51. The number of thiazole rings is 1. The molecular weight excluding hydrogens is 256 g/mol. The summed E-state index contributed by atoms with van der Waals surface area (Å²) < 4.78 is 6.21. The van der Waals surface area contributed by atoms with Gasteiger partial charge in [-0.3, -0.25) is 0 Å². The molecule has 100 valence electrons. The van der Waals surface area contributed by atoms with E-state index in [0.29, 0.717) is 0 Å². The minimum atomic E-state index is -0.0604. The van der Waals surface area contributed by atoms with E-state index in [4.69, 9.17) is 4.74 Å². The Morgan fingerprint density at radius 1 is 1.37 bits per heavy atom. The second-order valence-electron chi connectivity index (χ2n) is 4.93. The predicted octanol–water partition coefficient (Wildman–Crippen LogP) is 4.17. The van der Waals surface area contributed by atoms with Gasteiger partial charge in [0.2, 0.25) is 0 Å².